The van der Waals surface area contributed by atoms with Crippen molar-refractivity contribution in [3.8, 4) is 0 Å². The Hall–Kier alpha value is -2.66. The molecule has 1 N–H and O–H groups in total. The number of nitrogens with one attached hydrogen (secondary N) is 1. The minimum absolute atomic E-state index is 0.0818. The van der Waals surface area contributed by atoms with Gasteiger partial charge in [0.1, 0.15) is 0 Å². The summed E-state index contributed by atoms with van der Waals surface area (Å²) in [5.41, 5.74) is 6.65. The van der Waals surface area contributed by atoms with Crippen LogP contribution in [0.2, 0.25) is 0 Å². The molecule has 1 saturated heterocycles. The van der Waals surface area contributed by atoms with Gasteiger partial charge in [0, 0.05) is 36.6 Å². The van der Waals surface area contributed by atoms with Gasteiger partial charge in [-0.05, 0) is 43.5 Å². The number of Topliss-reactive ketones (excluding diaryl/α,β-unsaturated/α-hetero) is 1. The number of fused-ring (bicyclic) bond motifs is 1. The summed E-state index contributed by atoms with van der Waals surface area (Å²) in [6.45, 7) is 4.78. The maximum Gasteiger partial charge on any atom is 0.159 e. The molecular formula is C21H24N4O. The van der Waals surface area contributed by atoms with Crippen LogP contribution in [0.15, 0.2) is 54.7 Å². The number of carbonyl (C=O) groups excluding carboxylic acids is 1. The molecule has 0 bridgehead atoms. The molecule has 0 spiro atoms. The van der Waals surface area contributed by atoms with Gasteiger partial charge in [0.05, 0.1) is 11.7 Å². The highest BCUT2D eigenvalue weighted by Gasteiger charge is 2.20. The van der Waals surface area contributed by atoms with E-state index in [-0.39, 0.29) is 5.78 Å². The molecule has 4 rings (SSSR count). The molecule has 0 amide bonds. The summed E-state index contributed by atoms with van der Waals surface area (Å²) in [6, 6.07) is 16.8. The molecule has 1 aromatic heterocycles. The van der Waals surface area contributed by atoms with E-state index in [1.165, 1.54) is 5.56 Å². The van der Waals surface area contributed by atoms with Crippen molar-refractivity contribution in [1.82, 2.24) is 14.8 Å². The highest BCUT2D eigenvalue weighted by atomic mass is 16.1. The number of carbonyl (C=O) groups is 1. The van der Waals surface area contributed by atoms with Gasteiger partial charge in [0.2, 0.25) is 0 Å². The van der Waals surface area contributed by atoms with Crippen LogP contribution in [0.3, 0.4) is 0 Å². The van der Waals surface area contributed by atoms with Crippen molar-refractivity contribution >= 4 is 16.7 Å². The van der Waals surface area contributed by atoms with E-state index in [4.69, 9.17) is 0 Å². The molecule has 0 saturated carbocycles. The van der Waals surface area contributed by atoms with E-state index in [1.54, 1.807) is 6.92 Å². The average molecular weight is 348 g/mol. The highest BCUT2D eigenvalue weighted by molar-refractivity contribution is 5.97. The molecule has 0 unspecified atom stereocenters. The van der Waals surface area contributed by atoms with Crippen molar-refractivity contribution in [2.45, 2.75) is 32.4 Å². The third-order valence-corrected chi connectivity index (χ3v) is 5.12. The third kappa shape index (κ3) is 3.63. The Labute approximate surface area is 153 Å². The van der Waals surface area contributed by atoms with Gasteiger partial charge in [-0.25, -0.2) is 0 Å². The Bertz CT molecular complexity index is 895. The van der Waals surface area contributed by atoms with Crippen LogP contribution >= 0.6 is 0 Å². The molecule has 0 aliphatic carbocycles. The van der Waals surface area contributed by atoms with Crippen LogP contribution in [0.5, 0.6) is 0 Å². The lowest BCUT2D eigenvalue weighted by Gasteiger charge is -2.32. The normalized spacial score (nSPS) is 16.0. The number of rotatable bonds is 5. The number of nitrogens with zero attached hydrogens (tertiary/aromatic N) is 3. The van der Waals surface area contributed by atoms with E-state index >= 15 is 0 Å². The predicted molar refractivity (Wildman–Crippen MR) is 104 cm³/mol. The molecule has 3 aromatic rings. The zero-order chi connectivity index (χ0) is 17.9. The molecule has 0 radical (unpaired) electrons. The number of piperidine rings is 1. The standard InChI is InChI=1S/C21H24N4O/c1-16(26)18-7-8-21-19(13-18)14-22-25(21)23-20-9-11-24(12-10-20)15-17-5-3-2-4-6-17/h2-8,13-14,20,23H,9-12,15H2,1H3. The number of aromatic nitrogens is 2. The summed E-state index contributed by atoms with van der Waals surface area (Å²) >= 11 is 0. The number of hydrogen-bond donors (Lipinski definition) is 1. The fraction of sp³-hybridized carbons (Fsp3) is 0.333. The maximum atomic E-state index is 11.5. The number of benzene rings is 2. The molecule has 0 atom stereocenters. The molecular weight excluding hydrogens is 324 g/mol. The largest absolute Gasteiger partial charge is 0.306 e. The Balaban J connectivity index is 1.37. The molecule has 5 heteroatoms. The molecule has 2 aromatic carbocycles. The van der Waals surface area contributed by atoms with E-state index in [0.29, 0.717) is 6.04 Å². The first-order valence-electron chi connectivity index (χ1n) is 9.20. The third-order valence-electron chi connectivity index (χ3n) is 5.12. The van der Waals surface area contributed by atoms with Crippen molar-refractivity contribution in [3.63, 3.8) is 0 Å². The van der Waals surface area contributed by atoms with Gasteiger partial charge in [-0.1, -0.05) is 30.3 Å². The Morgan fingerprint density at radius 2 is 1.92 bits per heavy atom. The second-order valence-corrected chi connectivity index (χ2v) is 7.05. The van der Waals surface area contributed by atoms with Gasteiger partial charge in [-0.3, -0.25) is 9.69 Å². The van der Waals surface area contributed by atoms with Crippen LogP contribution in [0.4, 0.5) is 0 Å². The summed E-state index contributed by atoms with van der Waals surface area (Å²) in [4.78, 5) is 15.9. The van der Waals surface area contributed by atoms with Crippen LogP contribution in [-0.4, -0.2) is 39.7 Å². The zero-order valence-electron chi connectivity index (χ0n) is 15.1. The average Bonchev–Trinajstić information content (AvgIpc) is 3.06. The summed E-state index contributed by atoms with van der Waals surface area (Å²) in [5, 5.41) is 5.45. The molecule has 134 valence electrons. The first kappa shape index (κ1) is 16.8. The van der Waals surface area contributed by atoms with Crippen LogP contribution in [0.25, 0.3) is 10.9 Å². The summed E-state index contributed by atoms with van der Waals surface area (Å²) in [7, 11) is 0. The summed E-state index contributed by atoms with van der Waals surface area (Å²) in [5.74, 6) is 0.0818. The monoisotopic (exact) mass is 348 g/mol. The van der Waals surface area contributed by atoms with Crippen molar-refractivity contribution < 1.29 is 4.79 Å². The summed E-state index contributed by atoms with van der Waals surface area (Å²) in [6.07, 6.45) is 4.01. The first-order valence-corrected chi connectivity index (χ1v) is 9.20. The number of ketones is 1. The van der Waals surface area contributed by atoms with Gasteiger partial charge < -0.3 is 5.43 Å². The number of hydrogen-bond acceptors (Lipinski definition) is 4. The Kier molecular flexibility index (Phi) is 4.71. The van der Waals surface area contributed by atoms with Gasteiger partial charge in [-0.15, -0.1) is 0 Å². The lowest BCUT2D eigenvalue weighted by atomic mass is 10.0. The van der Waals surface area contributed by atoms with Crippen LogP contribution in [0, 0.1) is 0 Å². The Morgan fingerprint density at radius 3 is 2.65 bits per heavy atom. The lowest BCUT2D eigenvalue weighted by Crippen LogP contribution is -2.41. The van der Waals surface area contributed by atoms with Gasteiger partial charge in [0.15, 0.2) is 5.78 Å². The van der Waals surface area contributed by atoms with Crippen molar-refractivity contribution in [1.29, 1.82) is 0 Å². The first-order chi connectivity index (χ1) is 12.7. The van der Waals surface area contributed by atoms with E-state index in [2.05, 4.69) is 45.8 Å². The maximum absolute atomic E-state index is 11.5. The van der Waals surface area contributed by atoms with E-state index in [9.17, 15) is 4.79 Å². The molecule has 5 nitrogen and oxygen atoms in total. The van der Waals surface area contributed by atoms with E-state index < -0.39 is 0 Å². The molecule has 1 fully saturated rings. The quantitative estimate of drug-likeness (QED) is 0.718. The van der Waals surface area contributed by atoms with Gasteiger partial charge >= 0.3 is 0 Å². The molecule has 2 heterocycles. The fourth-order valence-electron chi connectivity index (χ4n) is 3.59. The van der Waals surface area contributed by atoms with Gasteiger partial charge in [0.25, 0.3) is 0 Å². The van der Waals surface area contributed by atoms with Crippen LogP contribution in [0.1, 0.15) is 35.7 Å². The number of likely N-dealkylation sites (tertiary alicyclic amines) is 1. The molecule has 1 aliphatic heterocycles. The predicted octanol–water partition coefficient (Wildman–Crippen LogP) is 3.45. The zero-order valence-corrected chi connectivity index (χ0v) is 15.1. The van der Waals surface area contributed by atoms with E-state index in [0.717, 1.165) is 48.9 Å². The topological polar surface area (TPSA) is 50.2 Å². The molecule has 26 heavy (non-hydrogen) atoms. The smallest absolute Gasteiger partial charge is 0.159 e. The second kappa shape index (κ2) is 7.30. The lowest BCUT2D eigenvalue weighted by molar-refractivity contribution is 0.101. The van der Waals surface area contributed by atoms with Crippen molar-refractivity contribution in [2.75, 3.05) is 18.5 Å². The second-order valence-electron chi connectivity index (χ2n) is 7.05. The Morgan fingerprint density at radius 1 is 1.15 bits per heavy atom. The minimum Gasteiger partial charge on any atom is -0.306 e. The van der Waals surface area contributed by atoms with Crippen molar-refractivity contribution in [2.24, 2.45) is 0 Å². The fourth-order valence-corrected chi connectivity index (χ4v) is 3.59. The SMILES string of the molecule is CC(=O)c1ccc2c(cnn2NC2CCN(Cc3ccccc3)CC2)c1. The molecule has 1 aliphatic rings. The van der Waals surface area contributed by atoms with Crippen molar-refractivity contribution in [3.05, 3.63) is 65.9 Å². The van der Waals surface area contributed by atoms with Gasteiger partial charge in [-0.2, -0.15) is 9.89 Å². The highest BCUT2D eigenvalue weighted by Crippen LogP contribution is 2.18. The van der Waals surface area contributed by atoms with Crippen LogP contribution in [-0.2, 0) is 6.54 Å². The summed E-state index contributed by atoms with van der Waals surface area (Å²) < 4.78 is 0. The van der Waals surface area contributed by atoms with E-state index in [1.807, 2.05) is 29.2 Å². The van der Waals surface area contributed by atoms with Crippen LogP contribution < -0.4 is 5.43 Å². The minimum atomic E-state index is 0.0818.